The van der Waals surface area contributed by atoms with Gasteiger partial charge in [-0.15, -0.1) is 0 Å². The number of carbonyl (C=O) groups excluding carboxylic acids is 1. The molecule has 0 bridgehead atoms. The first-order valence-corrected chi connectivity index (χ1v) is 1.27. The van der Waals surface area contributed by atoms with Crippen LogP contribution in [0, 0.1) is 0 Å². The van der Waals surface area contributed by atoms with Gasteiger partial charge in [0.25, 0.3) is 0 Å². The minimum Gasteiger partial charge on any atom is -0.298 e. The Kier molecular flexibility index (Phi) is 1.89. The maximum absolute atomic E-state index is 9.20. The molecule has 0 aromatic heterocycles. The van der Waals surface area contributed by atoms with Crippen molar-refractivity contribution in [2.45, 2.75) is 0 Å². The van der Waals surface area contributed by atoms with Crippen molar-refractivity contribution in [2.24, 2.45) is 0 Å². The molecule has 6 heavy (non-hydrogen) atoms. The van der Waals surface area contributed by atoms with Crippen molar-refractivity contribution in [1.82, 2.24) is 0 Å². The molecule has 0 aliphatic rings. The van der Waals surface area contributed by atoms with E-state index in [1.165, 1.54) is 0 Å². The molecule has 0 unspecified atom stereocenters. The van der Waals surface area contributed by atoms with Crippen molar-refractivity contribution >= 4 is 5.97 Å². The lowest BCUT2D eigenvalue weighted by Gasteiger charge is -1.59. The fraction of sp³-hybridized carbons (Fsp3) is 0. The number of rotatable bonds is 1. The average molecular weight is 86.0 g/mol. The molecular weight excluding hydrogens is 84.0 g/mol. The molecule has 0 rings (SSSR count). The number of carbonyl (C=O) groups is 1. The van der Waals surface area contributed by atoms with Crippen molar-refractivity contribution in [3.63, 3.8) is 0 Å². The standard InChI is InChI=1S/C3H2O3/c4-2-1-3(5)6/h1-2H. The summed E-state index contributed by atoms with van der Waals surface area (Å²) in [6.07, 6.45) is 0.579. The van der Waals surface area contributed by atoms with Gasteiger partial charge in [-0.1, -0.05) is 0 Å². The van der Waals surface area contributed by atoms with Gasteiger partial charge in [-0.25, -0.2) is 9.90 Å². The van der Waals surface area contributed by atoms with Crippen LogP contribution in [0.25, 0.3) is 0 Å². The van der Waals surface area contributed by atoms with E-state index in [2.05, 4.69) is 0 Å². The predicted molar refractivity (Wildman–Crippen MR) is 15.5 cm³/mol. The Morgan fingerprint density at radius 2 is 2.00 bits per heavy atom. The van der Waals surface area contributed by atoms with Crippen LogP contribution in [0.2, 0.25) is 0 Å². The normalized spacial score (nSPS) is 9.33. The molecule has 2 radical (unpaired) electrons. The minimum atomic E-state index is -1.45. The van der Waals surface area contributed by atoms with Crippen molar-refractivity contribution in [2.75, 3.05) is 0 Å². The van der Waals surface area contributed by atoms with Gasteiger partial charge in [-0.3, -0.25) is 5.11 Å². The summed E-state index contributed by atoms with van der Waals surface area (Å²) in [6, 6.07) is 0. The molecule has 0 saturated carbocycles. The van der Waals surface area contributed by atoms with Crippen LogP contribution in [0.1, 0.15) is 0 Å². The van der Waals surface area contributed by atoms with E-state index >= 15 is 0 Å². The lowest BCUT2D eigenvalue weighted by molar-refractivity contribution is -0.137. The Morgan fingerprint density at radius 3 is 2.00 bits per heavy atom. The summed E-state index contributed by atoms with van der Waals surface area (Å²) in [5.74, 6) is -1.45. The first kappa shape index (κ1) is 5.01. The van der Waals surface area contributed by atoms with E-state index < -0.39 is 5.97 Å². The molecule has 0 aliphatic carbocycles. The average Bonchev–Trinajstić information content (AvgIpc) is 1.35. The van der Waals surface area contributed by atoms with E-state index in [1.54, 1.807) is 0 Å². The molecule has 0 N–H and O–H groups in total. The van der Waals surface area contributed by atoms with Gasteiger partial charge in [0.05, 0.1) is 6.08 Å². The summed E-state index contributed by atoms with van der Waals surface area (Å²) in [5.41, 5.74) is 0. The van der Waals surface area contributed by atoms with Crippen LogP contribution in [0.3, 0.4) is 0 Å². The highest BCUT2D eigenvalue weighted by atomic mass is 16.4. The van der Waals surface area contributed by atoms with E-state index in [0.29, 0.717) is 6.08 Å². The second-order valence-electron chi connectivity index (χ2n) is 0.622. The van der Waals surface area contributed by atoms with Gasteiger partial charge < -0.3 is 0 Å². The zero-order valence-corrected chi connectivity index (χ0v) is 2.88. The van der Waals surface area contributed by atoms with Gasteiger partial charge in [-0.2, -0.15) is 0 Å². The molecule has 0 saturated heterocycles. The summed E-state index contributed by atoms with van der Waals surface area (Å²) in [6.45, 7) is 0. The van der Waals surface area contributed by atoms with Gasteiger partial charge in [-0.05, 0) is 0 Å². The van der Waals surface area contributed by atoms with Crippen LogP contribution < -0.4 is 0 Å². The highest BCUT2D eigenvalue weighted by molar-refractivity contribution is 5.78. The summed E-state index contributed by atoms with van der Waals surface area (Å²) in [4.78, 5) is 9.20. The van der Waals surface area contributed by atoms with Crippen LogP contribution in [-0.4, -0.2) is 5.97 Å². The number of hydrogen-bond acceptors (Lipinski definition) is 1. The van der Waals surface area contributed by atoms with Gasteiger partial charge in [0, 0.05) is 0 Å². The number of hydrogen-bond donors (Lipinski definition) is 0. The van der Waals surface area contributed by atoms with Gasteiger partial charge >= 0.3 is 5.97 Å². The van der Waals surface area contributed by atoms with Crippen LogP contribution in [-0.2, 0) is 15.0 Å². The highest BCUT2D eigenvalue weighted by Crippen LogP contribution is 1.64. The van der Waals surface area contributed by atoms with Crippen molar-refractivity contribution in [3.8, 4) is 0 Å². The predicted octanol–water partition coefficient (Wildman–Crippen LogP) is -0.112. The second kappa shape index (κ2) is 2.26. The smallest absolute Gasteiger partial charge is 0.298 e. The highest BCUT2D eigenvalue weighted by Gasteiger charge is 1.84. The quantitative estimate of drug-likeness (QED) is 0.324. The molecule has 3 heteroatoms. The zero-order valence-electron chi connectivity index (χ0n) is 2.88. The van der Waals surface area contributed by atoms with Crippen LogP contribution in [0.5, 0.6) is 0 Å². The van der Waals surface area contributed by atoms with Gasteiger partial charge in [0.1, 0.15) is 6.26 Å². The zero-order chi connectivity index (χ0) is 4.99. The summed E-state index contributed by atoms with van der Waals surface area (Å²) in [5, 5.41) is 18.3. The Bertz CT molecular complexity index is 74.1. The molecule has 0 atom stereocenters. The lowest BCUT2D eigenvalue weighted by atomic mass is 10.7. The first-order chi connectivity index (χ1) is 2.77. The lowest BCUT2D eigenvalue weighted by Crippen LogP contribution is -1.80. The maximum Gasteiger partial charge on any atom is 0.382 e. The maximum atomic E-state index is 9.20. The van der Waals surface area contributed by atoms with Crippen molar-refractivity contribution < 1.29 is 15.0 Å². The molecular formula is C3H2O3. The molecule has 0 amide bonds. The van der Waals surface area contributed by atoms with Crippen molar-refractivity contribution in [3.05, 3.63) is 12.3 Å². The van der Waals surface area contributed by atoms with E-state index in [1.807, 2.05) is 0 Å². The molecule has 0 spiro atoms. The second-order valence-corrected chi connectivity index (χ2v) is 0.622. The summed E-state index contributed by atoms with van der Waals surface area (Å²) in [7, 11) is 0. The van der Waals surface area contributed by atoms with E-state index in [-0.39, 0.29) is 6.26 Å². The van der Waals surface area contributed by atoms with E-state index in [9.17, 15) is 9.90 Å². The molecule has 0 heterocycles. The van der Waals surface area contributed by atoms with Crippen LogP contribution in [0.4, 0.5) is 0 Å². The van der Waals surface area contributed by atoms with Crippen LogP contribution >= 0.6 is 0 Å². The fourth-order valence-electron chi connectivity index (χ4n) is 0.0556. The Labute approximate surface area is 34.5 Å². The van der Waals surface area contributed by atoms with Crippen molar-refractivity contribution in [1.29, 1.82) is 0 Å². The SMILES string of the molecule is [O]C=CC([O])=O. The third-order valence-electron chi connectivity index (χ3n) is 0.204. The third-order valence-corrected chi connectivity index (χ3v) is 0.204. The molecule has 0 aromatic rings. The largest absolute Gasteiger partial charge is 0.382 e. The van der Waals surface area contributed by atoms with Gasteiger partial charge in [0.15, 0.2) is 0 Å². The van der Waals surface area contributed by atoms with Crippen LogP contribution in [0.15, 0.2) is 12.3 Å². The van der Waals surface area contributed by atoms with Gasteiger partial charge in [0.2, 0.25) is 0 Å². The Balaban J connectivity index is 3.30. The Morgan fingerprint density at radius 1 is 1.50 bits per heavy atom. The molecule has 0 aromatic carbocycles. The van der Waals surface area contributed by atoms with E-state index in [0.717, 1.165) is 0 Å². The minimum absolute atomic E-state index is 0.162. The Hall–Kier alpha value is -0.990. The molecule has 3 nitrogen and oxygen atoms in total. The summed E-state index contributed by atoms with van der Waals surface area (Å²) >= 11 is 0. The monoisotopic (exact) mass is 86.0 g/mol. The fourth-order valence-corrected chi connectivity index (χ4v) is 0.0556. The summed E-state index contributed by atoms with van der Waals surface area (Å²) < 4.78 is 0. The topological polar surface area (TPSA) is 56.9 Å². The molecule has 0 aliphatic heterocycles. The van der Waals surface area contributed by atoms with E-state index in [4.69, 9.17) is 5.11 Å². The first-order valence-electron chi connectivity index (χ1n) is 1.27. The molecule has 32 valence electrons. The third kappa shape index (κ3) is 3.01. The molecule has 0 fully saturated rings.